The Bertz CT molecular complexity index is 626. The molecule has 0 aliphatic rings. The zero-order valence-corrected chi connectivity index (χ0v) is 11.4. The lowest BCUT2D eigenvalue weighted by Crippen LogP contribution is -2.48. The van der Waals surface area contributed by atoms with E-state index in [2.05, 4.69) is 0 Å². The molecule has 0 saturated carbocycles. The summed E-state index contributed by atoms with van der Waals surface area (Å²) in [5, 5.41) is 18.5. The molecule has 6 N–H and O–H groups in total. The molecule has 2 aromatic carbocycles. The Morgan fingerprint density at radius 3 is 2.24 bits per heavy atom. The van der Waals surface area contributed by atoms with Gasteiger partial charge in [-0.15, -0.1) is 0 Å². The Hall–Kier alpha value is -2.05. The first-order valence-corrected chi connectivity index (χ1v) is 6.54. The van der Waals surface area contributed by atoms with Gasteiger partial charge < -0.3 is 21.7 Å². The number of ketones is 1. The number of rotatable bonds is 5. The summed E-state index contributed by atoms with van der Waals surface area (Å²) in [7, 11) is 0. The van der Waals surface area contributed by atoms with E-state index in [0.29, 0.717) is 11.1 Å². The third kappa shape index (κ3) is 3.01. The highest BCUT2D eigenvalue weighted by Crippen LogP contribution is 2.25. The van der Waals surface area contributed by atoms with E-state index in [4.69, 9.17) is 16.6 Å². The smallest absolute Gasteiger partial charge is 0.194 e. The third-order valence-corrected chi connectivity index (χ3v) is 3.37. The minimum absolute atomic E-state index is 0.202. The number of hydrogen-bond donors (Lipinski definition) is 4. The quantitative estimate of drug-likeness (QED) is 0.468. The molecule has 5 nitrogen and oxygen atoms in total. The molecule has 0 saturated heterocycles. The van der Waals surface area contributed by atoms with Crippen molar-refractivity contribution in [2.45, 2.75) is 11.8 Å². The molecule has 21 heavy (non-hydrogen) atoms. The average molecular weight is 286 g/mol. The summed E-state index contributed by atoms with van der Waals surface area (Å²) in [5.41, 5.74) is 12.3. The molecular weight excluding hydrogens is 268 g/mol. The lowest BCUT2D eigenvalue weighted by atomic mass is 9.87. The maximum atomic E-state index is 12.2. The maximum Gasteiger partial charge on any atom is 0.194 e. The normalized spacial score (nSPS) is 13.0. The molecule has 0 bridgehead atoms. The fourth-order valence-corrected chi connectivity index (χ4v) is 2.19. The Morgan fingerprint density at radius 2 is 1.62 bits per heavy atom. The molecule has 2 rings (SSSR count). The fourth-order valence-electron chi connectivity index (χ4n) is 2.19. The second-order valence-corrected chi connectivity index (χ2v) is 4.84. The lowest BCUT2D eigenvalue weighted by molar-refractivity contribution is 0.0585. The van der Waals surface area contributed by atoms with Crippen LogP contribution in [0.4, 0.5) is 0 Å². The Labute approximate surface area is 122 Å². The van der Waals surface area contributed by atoms with E-state index in [0.717, 1.165) is 0 Å². The van der Waals surface area contributed by atoms with Crippen molar-refractivity contribution in [2.24, 2.45) is 11.5 Å². The van der Waals surface area contributed by atoms with Crippen LogP contribution < -0.4 is 11.5 Å². The molecule has 5 heteroatoms. The SMILES string of the molecule is NC(N)(c1ccccc1)c1ccccc1C(=O)C(O)CO. The van der Waals surface area contributed by atoms with E-state index < -0.39 is 24.2 Å². The number of Topliss-reactive ketones (excluding diaryl/α,β-unsaturated/α-hetero) is 1. The monoisotopic (exact) mass is 286 g/mol. The first kappa shape index (κ1) is 15.3. The minimum Gasteiger partial charge on any atom is -0.393 e. The molecule has 0 spiro atoms. The Kier molecular flexibility index (Phi) is 4.50. The van der Waals surface area contributed by atoms with E-state index in [1.54, 1.807) is 42.5 Å². The van der Waals surface area contributed by atoms with Gasteiger partial charge in [-0.2, -0.15) is 0 Å². The summed E-state index contributed by atoms with van der Waals surface area (Å²) >= 11 is 0. The first-order valence-electron chi connectivity index (χ1n) is 6.54. The van der Waals surface area contributed by atoms with Crippen LogP contribution in [0.2, 0.25) is 0 Å². The van der Waals surface area contributed by atoms with Gasteiger partial charge in [-0.25, -0.2) is 0 Å². The van der Waals surface area contributed by atoms with Crippen LogP contribution >= 0.6 is 0 Å². The summed E-state index contributed by atoms with van der Waals surface area (Å²) in [6, 6.07) is 15.5. The number of aliphatic hydroxyl groups excluding tert-OH is 2. The van der Waals surface area contributed by atoms with Crippen molar-refractivity contribution >= 4 is 5.78 Å². The van der Waals surface area contributed by atoms with Crippen LogP contribution in [-0.4, -0.2) is 28.7 Å². The van der Waals surface area contributed by atoms with Crippen molar-refractivity contribution in [1.29, 1.82) is 0 Å². The molecule has 0 aliphatic carbocycles. The van der Waals surface area contributed by atoms with Gasteiger partial charge in [0.25, 0.3) is 0 Å². The van der Waals surface area contributed by atoms with E-state index in [-0.39, 0.29) is 5.56 Å². The van der Waals surface area contributed by atoms with E-state index >= 15 is 0 Å². The number of nitrogens with two attached hydrogens (primary N) is 2. The van der Waals surface area contributed by atoms with Crippen LogP contribution in [0.15, 0.2) is 54.6 Å². The second-order valence-electron chi connectivity index (χ2n) is 4.84. The van der Waals surface area contributed by atoms with Crippen molar-refractivity contribution < 1.29 is 15.0 Å². The lowest BCUT2D eigenvalue weighted by Gasteiger charge is -2.28. The first-order chi connectivity index (χ1) is 9.98. The number of aliphatic hydroxyl groups is 2. The topological polar surface area (TPSA) is 110 Å². The van der Waals surface area contributed by atoms with Gasteiger partial charge in [0.15, 0.2) is 5.78 Å². The van der Waals surface area contributed by atoms with Crippen molar-refractivity contribution in [3.63, 3.8) is 0 Å². The zero-order valence-electron chi connectivity index (χ0n) is 11.4. The standard InChI is InChI=1S/C16H18N2O3/c17-16(18,11-6-2-1-3-7-11)13-9-5-4-8-12(13)15(21)14(20)10-19/h1-9,14,19-20H,10,17-18H2. The minimum atomic E-state index is -1.49. The highest BCUT2D eigenvalue weighted by atomic mass is 16.3. The van der Waals surface area contributed by atoms with Crippen LogP contribution in [-0.2, 0) is 5.66 Å². The Morgan fingerprint density at radius 1 is 1.05 bits per heavy atom. The molecule has 0 radical (unpaired) electrons. The van der Waals surface area contributed by atoms with E-state index in [1.807, 2.05) is 6.07 Å². The van der Waals surface area contributed by atoms with Gasteiger partial charge in [0.05, 0.1) is 6.61 Å². The molecule has 0 amide bonds. The van der Waals surface area contributed by atoms with Crippen molar-refractivity contribution in [3.05, 3.63) is 71.3 Å². The molecule has 0 heterocycles. The van der Waals surface area contributed by atoms with Gasteiger partial charge in [-0.1, -0.05) is 54.6 Å². The molecular formula is C16H18N2O3. The van der Waals surface area contributed by atoms with Crippen LogP contribution in [0.5, 0.6) is 0 Å². The van der Waals surface area contributed by atoms with Gasteiger partial charge in [-0.3, -0.25) is 4.79 Å². The van der Waals surface area contributed by atoms with E-state index in [9.17, 15) is 9.90 Å². The number of carbonyl (C=O) groups excluding carboxylic acids is 1. The van der Waals surface area contributed by atoms with Gasteiger partial charge in [0.1, 0.15) is 11.8 Å². The van der Waals surface area contributed by atoms with Crippen LogP contribution in [0, 0.1) is 0 Å². The molecule has 0 aliphatic heterocycles. The van der Waals surface area contributed by atoms with E-state index in [1.165, 1.54) is 6.07 Å². The molecule has 1 unspecified atom stereocenters. The summed E-state index contributed by atoms with van der Waals surface area (Å²) in [6.45, 7) is -0.652. The summed E-state index contributed by atoms with van der Waals surface area (Å²) < 4.78 is 0. The van der Waals surface area contributed by atoms with Crippen LogP contribution in [0.3, 0.4) is 0 Å². The summed E-state index contributed by atoms with van der Waals surface area (Å²) in [4.78, 5) is 12.2. The predicted octanol–water partition coefficient (Wildman–Crippen LogP) is 0.341. The Balaban J connectivity index is 2.52. The van der Waals surface area contributed by atoms with Crippen LogP contribution in [0.1, 0.15) is 21.5 Å². The van der Waals surface area contributed by atoms with Crippen molar-refractivity contribution in [3.8, 4) is 0 Å². The zero-order chi connectivity index (χ0) is 15.5. The van der Waals surface area contributed by atoms with Crippen molar-refractivity contribution in [2.75, 3.05) is 6.61 Å². The number of hydrogen-bond acceptors (Lipinski definition) is 5. The third-order valence-electron chi connectivity index (χ3n) is 3.37. The molecule has 2 aromatic rings. The average Bonchev–Trinajstić information content (AvgIpc) is 2.54. The molecule has 1 atom stereocenters. The fraction of sp³-hybridized carbons (Fsp3) is 0.188. The molecule has 110 valence electrons. The van der Waals surface area contributed by atoms with Gasteiger partial charge in [0.2, 0.25) is 0 Å². The van der Waals surface area contributed by atoms with Crippen LogP contribution in [0.25, 0.3) is 0 Å². The second kappa shape index (κ2) is 6.15. The largest absolute Gasteiger partial charge is 0.393 e. The molecule has 0 aromatic heterocycles. The predicted molar refractivity (Wildman–Crippen MR) is 79.5 cm³/mol. The highest BCUT2D eigenvalue weighted by Gasteiger charge is 2.30. The number of carbonyl (C=O) groups is 1. The van der Waals surface area contributed by atoms with Gasteiger partial charge in [0, 0.05) is 11.1 Å². The highest BCUT2D eigenvalue weighted by molar-refractivity contribution is 6.01. The van der Waals surface area contributed by atoms with Gasteiger partial charge in [-0.05, 0) is 5.56 Å². The van der Waals surface area contributed by atoms with Crippen molar-refractivity contribution in [1.82, 2.24) is 0 Å². The maximum absolute atomic E-state index is 12.2. The van der Waals surface area contributed by atoms with Gasteiger partial charge >= 0.3 is 0 Å². The molecule has 0 fully saturated rings. The number of benzene rings is 2. The summed E-state index contributed by atoms with van der Waals surface area (Å²) in [5.74, 6) is -0.607. The summed E-state index contributed by atoms with van der Waals surface area (Å²) in [6.07, 6.45) is -1.49.